The molecule has 0 radical (unpaired) electrons. The molecule has 3 heteroatoms. The molecule has 0 spiro atoms. The number of hydrogen-bond acceptors (Lipinski definition) is 2. The molecule has 13 heavy (non-hydrogen) atoms. The first kappa shape index (κ1) is 10.3. The van der Waals surface area contributed by atoms with Gasteiger partial charge in [0.25, 0.3) is 0 Å². The molecular formula is C10H19N3. The second kappa shape index (κ2) is 3.50. The van der Waals surface area contributed by atoms with Crippen molar-refractivity contribution in [2.45, 2.75) is 32.9 Å². The first-order valence-electron chi connectivity index (χ1n) is 4.59. The van der Waals surface area contributed by atoms with Crippen LogP contribution in [-0.2, 0) is 13.6 Å². The molecule has 0 bridgehead atoms. The smallest absolute Gasteiger partial charge is 0.0521 e. The number of nitrogens with zero attached hydrogens (tertiary/aromatic N) is 3. The van der Waals surface area contributed by atoms with Gasteiger partial charge in [-0.3, -0.25) is 9.58 Å². The van der Waals surface area contributed by atoms with Gasteiger partial charge < -0.3 is 0 Å². The lowest BCUT2D eigenvalue weighted by molar-refractivity contribution is 0.163. The highest BCUT2D eigenvalue weighted by molar-refractivity contribution is 5.00. The van der Waals surface area contributed by atoms with E-state index in [2.05, 4.69) is 43.9 Å². The standard InChI is InChI=1S/C10H19N3/c1-10(2,3)12(4)8-9-6-7-11-13(9)5/h6-7H,8H2,1-5H3. The van der Waals surface area contributed by atoms with Crippen molar-refractivity contribution < 1.29 is 0 Å². The lowest BCUT2D eigenvalue weighted by Gasteiger charge is -2.31. The normalized spacial score (nSPS) is 12.5. The van der Waals surface area contributed by atoms with Gasteiger partial charge >= 0.3 is 0 Å². The van der Waals surface area contributed by atoms with E-state index in [1.807, 2.05) is 17.9 Å². The molecule has 0 atom stereocenters. The van der Waals surface area contributed by atoms with Crippen molar-refractivity contribution in [3.05, 3.63) is 18.0 Å². The van der Waals surface area contributed by atoms with E-state index in [1.165, 1.54) is 5.69 Å². The van der Waals surface area contributed by atoms with Gasteiger partial charge in [0.2, 0.25) is 0 Å². The Morgan fingerprint density at radius 3 is 2.46 bits per heavy atom. The van der Waals surface area contributed by atoms with Crippen LogP contribution in [0.1, 0.15) is 26.5 Å². The number of hydrogen-bond donors (Lipinski definition) is 0. The second-order valence-corrected chi connectivity index (χ2v) is 4.47. The third-order valence-electron chi connectivity index (χ3n) is 2.47. The summed E-state index contributed by atoms with van der Waals surface area (Å²) < 4.78 is 1.92. The van der Waals surface area contributed by atoms with Gasteiger partial charge in [-0.25, -0.2) is 0 Å². The Morgan fingerprint density at radius 2 is 2.08 bits per heavy atom. The van der Waals surface area contributed by atoms with Gasteiger partial charge in [-0.1, -0.05) is 0 Å². The van der Waals surface area contributed by atoms with E-state index in [-0.39, 0.29) is 5.54 Å². The van der Waals surface area contributed by atoms with Gasteiger partial charge in [0.1, 0.15) is 0 Å². The fourth-order valence-electron chi connectivity index (χ4n) is 1.04. The lowest BCUT2D eigenvalue weighted by atomic mass is 10.1. The summed E-state index contributed by atoms with van der Waals surface area (Å²) in [6.45, 7) is 7.58. The van der Waals surface area contributed by atoms with Gasteiger partial charge in [0.15, 0.2) is 0 Å². The molecule has 0 N–H and O–H groups in total. The largest absolute Gasteiger partial charge is 0.296 e. The quantitative estimate of drug-likeness (QED) is 0.691. The molecule has 0 aliphatic carbocycles. The van der Waals surface area contributed by atoms with Crippen molar-refractivity contribution in [1.29, 1.82) is 0 Å². The van der Waals surface area contributed by atoms with Crippen LogP contribution in [0.4, 0.5) is 0 Å². The van der Waals surface area contributed by atoms with Crippen molar-refractivity contribution in [1.82, 2.24) is 14.7 Å². The van der Waals surface area contributed by atoms with Crippen molar-refractivity contribution >= 4 is 0 Å². The van der Waals surface area contributed by atoms with Crippen LogP contribution < -0.4 is 0 Å². The van der Waals surface area contributed by atoms with Crippen LogP contribution >= 0.6 is 0 Å². The highest BCUT2D eigenvalue weighted by Crippen LogP contribution is 2.13. The summed E-state index contributed by atoms with van der Waals surface area (Å²) in [6.07, 6.45) is 1.84. The maximum absolute atomic E-state index is 4.14. The molecule has 1 aromatic heterocycles. The number of aromatic nitrogens is 2. The minimum atomic E-state index is 0.213. The highest BCUT2D eigenvalue weighted by atomic mass is 15.3. The molecule has 0 amide bonds. The summed E-state index contributed by atoms with van der Waals surface area (Å²) in [5, 5.41) is 4.14. The van der Waals surface area contributed by atoms with E-state index >= 15 is 0 Å². The highest BCUT2D eigenvalue weighted by Gasteiger charge is 2.17. The molecule has 1 rings (SSSR count). The average molecular weight is 181 g/mol. The van der Waals surface area contributed by atoms with E-state index in [1.54, 1.807) is 0 Å². The molecule has 0 unspecified atom stereocenters. The van der Waals surface area contributed by atoms with E-state index in [9.17, 15) is 0 Å². The van der Waals surface area contributed by atoms with Crippen LogP contribution in [0.3, 0.4) is 0 Å². The molecule has 74 valence electrons. The Bertz CT molecular complexity index is 270. The molecule has 0 aromatic carbocycles. The summed E-state index contributed by atoms with van der Waals surface area (Å²) in [6, 6.07) is 2.06. The third-order valence-corrected chi connectivity index (χ3v) is 2.47. The van der Waals surface area contributed by atoms with Crippen molar-refractivity contribution in [2.75, 3.05) is 7.05 Å². The van der Waals surface area contributed by atoms with Crippen LogP contribution in [0.2, 0.25) is 0 Å². The zero-order valence-corrected chi connectivity index (χ0v) is 9.20. The average Bonchev–Trinajstić information content (AvgIpc) is 2.34. The molecule has 0 aliphatic rings. The SMILES string of the molecule is CN(Cc1ccnn1C)C(C)(C)C. The summed E-state index contributed by atoms with van der Waals surface area (Å²) in [4.78, 5) is 2.31. The van der Waals surface area contributed by atoms with Crippen LogP contribution in [-0.4, -0.2) is 27.3 Å². The minimum absolute atomic E-state index is 0.213. The number of aryl methyl sites for hydroxylation is 1. The van der Waals surface area contributed by atoms with Crippen LogP contribution in [0.25, 0.3) is 0 Å². The van der Waals surface area contributed by atoms with E-state index in [4.69, 9.17) is 0 Å². The van der Waals surface area contributed by atoms with Gasteiger partial charge in [0, 0.05) is 25.3 Å². The molecule has 0 aliphatic heterocycles. The fourth-order valence-corrected chi connectivity index (χ4v) is 1.04. The minimum Gasteiger partial charge on any atom is -0.296 e. The van der Waals surface area contributed by atoms with Gasteiger partial charge in [-0.15, -0.1) is 0 Å². The fraction of sp³-hybridized carbons (Fsp3) is 0.700. The van der Waals surface area contributed by atoms with Gasteiger partial charge in [0.05, 0.1) is 5.69 Å². The molecular weight excluding hydrogens is 162 g/mol. The van der Waals surface area contributed by atoms with E-state index < -0.39 is 0 Å². The summed E-state index contributed by atoms with van der Waals surface area (Å²) >= 11 is 0. The Balaban J connectivity index is 2.65. The summed E-state index contributed by atoms with van der Waals surface area (Å²) in [7, 11) is 4.11. The summed E-state index contributed by atoms with van der Waals surface area (Å²) in [5.74, 6) is 0. The van der Waals surface area contributed by atoms with E-state index in [0.29, 0.717) is 0 Å². The lowest BCUT2D eigenvalue weighted by Crippen LogP contribution is -2.37. The Labute approximate surface area is 80.4 Å². The first-order chi connectivity index (χ1) is 5.91. The van der Waals surface area contributed by atoms with Crippen molar-refractivity contribution in [3.63, 3.8) is 0 Å². The molecule has 3 nitrogen and oxygen atoms in total. The van der Waals surface area contributed by atoms with E-state index in [0.717, 1.165) is 6.54 Å². The zero-order chi connectivity index (χ0) is 10.1. The second-order valence-electron chi connectivity index (χ2n) is 4.47. The third kappa shape index (κ3) is 2.56. The maximum atomic E-state index is 4.14. The van der Waals surface area contributed by atoms with Crippen LogP contribution in [0.15, 0.2) is 12.3 Å². The monoisotopic (exact) mass is 181 g/mol. The van der Waals surface area contributed by atoms with Crippen molar-refractivity contribution in [3.8, 4) is 0 Å². The molecule has 0 saturated heterocycles. The van der Waals surface area contributed by atoms with Gasteiger partial charge in [-0.2, -0.15) is 5.10 Å². The van der Waals surface area contributed by atoms with Crippen LogP contribution in [0, 0.1) is 0 Å². The maximum Gasteiger partial charge on any atom is 0.0521 e. The van der Waals surface area contributed by atoms with Gasteiger partial charge in [-0.05, 0) is 33.9 Å². The predicted molar refractivity (Wildman–Crippen MR) is 54.4 cm³/mol. The molecule has 1 heterocycles. The zero-order valence-electron chi connectivity index (χ0n) is 9.20. The Morgan fingerprint density at radius 1 is 1.46 bits per heavy atom. The predicted octanol–water partition coefficient (Wildman–Crippen LogP) is 1.65. The Kier molecular flexibility index (Phi) is 2.76. The number of rotatable bonds is 2. The first-order valence-corrected chi connectivity index (χ1v) is 4.59. The Hall–Kier alpha value is -0.830. The van der Waals surface area contributed by atoms with Crippen molar-refractivity contribution in [2.24, 2.45) is 7.05 Å². The molecule has 0 fully saturated rings. The summed E-state index contributed by atoms with van der Waals surface area (Å²) in [5.41, 5.74) is 1.46. The van der Waals surface area contributed by atoms with Crippen LogP contribution in [0.5, 0.6) is 0 Å². The topological polar surface area (TPSA) is 21.1 Å². The molecule has 0 saturated carbocycles. The molecule has 1 aromatic rings.